The van der Waals surface area contributed by atoms with E-state index in [9.17, 15) is 13.2 Å². The van der Waals surface area contributed by atoms with Crippen LogP contribution in [0.5, 0.6) is 0 Å². The molecular weight excluding hydrogens is 393 g/mol. The zero-order valence-electron chi connectivity index (χ0n) is 9.44. The molecule has 1 aromatic rings. The number of rotatable bonds is 5. The van der Waals surface area contributed by atoms with Gasteiger partial charge in [-0.15, -0.1) is 0 Å². The zero-order valence-corrected chi connectivity index (χ0v) is 13.2. The van der Waals surface area contributed by atoms with Crippen molar-refractivity contribution in [1.29, 1.82) is 0 Å². The van der Waals surface area contributed by atoms with Crippen molar-refractivity contribution >= 4 is 55.9 Å². The average molecular weight is 404 g/mol. The molecule has 0 saturated heterocycles. The lowest BCUT2D eigenvalue weighted by atomic mass is 10.3. The topological polar surface area (TPSA) is 72.5 Å². The first-order valence-corrected chi connectivity index (χ1v) is 7.97. The molecule has 0 aromatic heterocycles. The van der Waals surface area contributed by atoms with Crippen LogP contribution in [0.25, 0.3) is 0 Å². The minimum absolute atomic E-state index is 0.185. The summed E-state index contributed by atoms with van der Waals surface area (Å²) >= 11 is 7.74. The number of esters is 1. The lowest BCUT2D eigenvalue weighted by Gasteiger charge is -2.09. The van der Waals surface area contributed by atoms with E-state index < -0.39 is 16.0 Å². The van der Waals surface area contributed by atoms with Crippen LogP contribution in [0, 0.1) is 3.57 Å². The number of hydrogen-bond acceptors (Lipinski definition) is 4. The van der Waals surface area contributed by atoms with E-state index in [1.54, 1.807) is 18.2 Å². The molecule has 8 heteroatoms. The monoisotopic (exact) mass is 403 g/mol. The highest BCUT2D eigenvalue weighted by Gasteiger charge is 2.15. The van der Waals surface area contributed by atoms with Crippen LogP contribution in [0.15, 0.2) is 18.2 Å². The first-order chi connectivity index (χ1) is 8.34. The van der Waals surface area contributed by atoms with E-state index in [0.717, 1.165) is 0 Å². The van der Waals surface area contributed by atoms with Crippen LogP contribution in [0.4, 0.5) is 5.69 Å². The first kappa shape index (κ1) is 15.5. The summed E-state index contributed by atoms with van der Waals surface area (Å²) in [5.41, 5.74) is 0.435. The fourth-order valence-electron chi connectivity index (χ4n) is 1.11. The smallest absolute Gasteiger partial charge is 0.306 e. The number of nitrogens with one attached hydrogen (secondary N) is 1. The number of halogens is 2. The molecule has 0 saturated carbocycles. The SMILES string of the molecule is COC(=O)CCS(=O)(=O)Nc1ccc(Cl)cc1I. The normalized spacial score (nSPS) is 11.1. The summed E-state index contributed by atoms with van der Waals surface area (Å²) in [5, 5.41) is 0.525. The molecule has 0 bridgehead atoms. The van der Waals surface area contributed by atoms with Crippen LogP contribution in [0.2, 0.25) is 5.02 Å². The summed E-state index contributed by atoms with van der Waals surface area (Å²) in [6, 6.07) is 4.79. The van der Waals surface area contributed by atoms with Gasteiger partial charge in [-0.25, -0.2) is 8.42 Å². The number of methoxy groups -OCH3 is 1. The number of anilines is 1. The van der Waals surface area contributed by atoms with Gasteiger partial charge in [0, 0.05) is 8.59 Å². The summed E-state index contributed by atoms with van der Waals surface area (Å²) < 4.78 is 30.9. The fourth-order valence-corrected chi connectivity index (χ4v) is 3.35. The summed E-state index contributed by atoms with van der Waals surface area (Å²) in [6.07, 6.45) is -0.185. The Morgan fingerprint density at radius 1 is 1.50 bits per heavy atom. The molecule has 0 radical (unpaired) electrons. The van der Waals surface area contributed by atoms with Gasteiger partial charge in [-0.1, -0.05) is 11.6 Å². The Morgan fingerprint density at radius 3 is 2.72 bits per heavy atom. The molecule has 0 aliphatic heterocycles. The van der Waals surface area contributed by atoms with Gasteiger partial charge in [0.15, 0.2) is 0 Å². The van der Waals surface area contributed by atoms with Crippen LogP contribution in [-0.4, -0.2) is 27.2 Å². The van der Waals surface area contributed by atoms with Gasteiger partial charge in [-0.05, 0) is 40.8 Å². The van der Waals surface area contributed by atoms with E-state index in [4.69, 9.17) is 11.6 Å². The summed E-state index contributed by atoms with van der Waals surface area (Å²) in [4.78, 5) is 10.9. The number of sulfonamides is 1. The quantitative estimate of drug-likeness (QED) is 0.605. The van der Waals surface area contributed by atoms with Crippen molar-refractivity contribution in [3.63, 3.8) is 0 Å². The molecular formula is C10H11ClINO4S. The van der Waals surface area contributed by atoms with Gasteiger partial charge in [0.25, 0.3) is 0 Å². The molecule has 5 nitrogen and oxygen atoms in total. The average Bonchev–Trinajstić information content (AvgIpc) is 2.30. The van der Waals surface area contributed by atoms with Gasteiger partial charge in [0.05, 0.1) is 25.0 Å². The highest BCUT2D eigenvalue weighted by molar-refractivity contribution is 14.1. The van der Waals surface area contributed by atoms with E-state index in [1.165, 1.54) is 7.11 Å². The van der Waals surface area contributed by atoms with Crippen LogP contribution in [0.1, 0.15) is 6.42 Å². The maximum absolute atomic E-state index is 11.7. The molecule has 0 aliphatic rings. The Hall–Kier alpha value is -0.540. The maximum Gasteiger partial charge on any atom is 0.306 e. The van der Waals surface area contributed by atoms with E-state index >= 15 is 0 Å². The second-order valence-electron chi connectivity index (χ2n) is 3.37. The third-order valence-corrected chi connectivity index (χ3v) is 4.40. The molecule has 100 valence electrons. The third-order valence-electron chi connectivity index (χ3n) is 2.00. The van der Waals surface area contributed by atoms with Crippen LogP contribution in [-0.2, 0) is 19.6 Å². The first-order valence-electron chi connectivity index (χ1n) is 4.86. The van der Waals surface area contributed by atoms with E-state index in [2.05, 4.69) is 9.46 Å². The largest absolute Gasteiger partial charge is 0.469 e. The van der Waals surface area contributed by atoms with Gasteiger partial charge < -0.3 is 4.74 Å². The minimum atomic E-state index is -3.57. The Labute approximate surface area is 124 Å². The van der Waals surface area contributed by atoms with Crippen molar-refractivity contribution in [3.8, 4) is 0 Å². The van der Waals surface area contributed by atoms with Gasteiger partial charge in [0.1, 0.15) is 0 Å². The Balaban J connectivity index is 2.73. The number of hydrogen-bond donors (Lipinski definition) is 1. The molecule has 1 N–H and O–H groups in total. The van der Waals surface area contributed by atoms with Crippen LogP contribution < -0.4 is 4.72 Å². The fraction of sp³-hybridized carbons (Fsp3) is 0.300. The van der Waals surface area contributed by atoms with Gasteiger partial charge in [-0.3, -0.25) is 9.52 Å². The molecule has 0 amide bonds. The Morgan fingerprint density at radius 2 is 2.17 bits per heavy atom. The second kappa shape index (κ2) is 6.58. The molecule has 0 fully saturated rings. The maximum atomic E-state index is 11.7. The second-order valence-corrected chi connectivity index (χ2v) is 6.81. The number of benzene rings is 1. The van der Waals surface area contributed by atoms with Crippen molar-refractivity contribution in [3.05, 3.63) is 26.8 Å². The molecule has 0 aliphatic carbocycles. The lowest BCUT2D eigenvalue weighted by molar-refractivity contribution is -0.140. The van der Waals surface area contributed by atoms with Gasteiger partial charge >= 0.3 is 5.97 Å². The summed E-state index contributed by atoms with van der Waals surface area (Å²) in [7, 11) is -2.36. The van der Waals surface area contributed by atoms with Gasteiger partial charge in [-0.2, -0.15) is 0 Å². The van der Waals surface area contributed by atoms with Crippen molar-refractivity contribution in [2.45, 2.75) is 6.42 Å². The summed E-state index contributed by atoms with van der Waals surface area (Å²) in [5.74, 6) is -0.885. The highest BCUT2D eigenvalue weighted by Crippen LogP contribution is 2.23. The third kappa shape index (κ3) is 4.99. The number of carbonyl (C=O) groups is 1. The van der Waals surface area contributed by atoms with Crippen molar-refractivity contribution < 1.29 is 17.9 Å². The summed E-state index contributed by atoms with van der Waals surface area (Å²) in [6.45, 7) is 0. The number of carbonyl (C=O) groups excluding carboxylic acids is 1. The van der Waals surface area contributed by atoms with Crippen molar-refractivity contribution in [2.24, 2.45) is 0 Å². The molecule has 0 atom stereocenters. The standard InChI is InChI=1S/C10H11ClINO4S/c1-17-10(14)4-5-18(15,16)13-9-3-2-7(11)6-8(9)12/h2-3,6,13H,4-5H2,1H3. The van der Waals surface area contributed by atoms with Crippen molar-refractivity contribution in [2.75, 3.05) is 17.6 Å². The molecule has 0 unspecified atom stereocenters. The predicted molar refractivity (Wildman–Crippen MR) is 78.2 cm³/mol. The Bertz CT molecular complexity index is 547. The predicted octanol–water partition coefficient (Wildman–Crippen LogP) is 2.25. The molecule has 0 heterocycles. The van der Waals surface area contributed by atoms with E-state index in [0.29, 0.717) is 14.3 Å². The minimum Gasteiger partial charge on any atom is -0.469 e. The zero-order chi connectivity index (χ0) is 13.8. The Kier molecular flexibility index (Phi) is 5.67. The van der Waals surface area contributed by atoms with Crippen LogP contribution in [0.3, 0.4) is 0 Å². The molecule has 0 spiro atoms. The highest BCUT2D eigenvalue weighted by atomic mass is 127. The lowest BCUT2D eigenvalue weighted by Crippen LogP contribution is -2.20. The van der Waals surface area contributed by atoms with E-state index in [1.807, 2.05) is 22.6 Å². The van der Waals surface area contributed by atoms with Gasteiger partial charge in [0.2, 0.25) is 10.0 Å². The molecule has 1 rings (SSSR count). The van der Waals surface area contributed by atoms with E-state index in [-0.39, 0.29) is 12.2 Å². The van der Waals surface area contributed by atoms with Crippen LogP contribution >= 0.6 is 34.2 Å². The molecule has 18 heavy (non-hydrogen) atoms. The number of ether oxygens (including phenoxy) is 1. The molecule has 1 aromatic carbocycles. The van der Waals surface area contributed by atoms with Crippen molar-refractivity contribution in [1.82, 2.24) is 0 Å².